The highest BCUT2D eigenvalue weighted by atomic mass is 32.1. The Morgan fingerprint density at radius 3 is 2.54 bits per heavy atom. The number of hydrogen-bond donors (Lipinski definition) is 1. The minimum absolute atomic E-state index is 0.217. The van der Waals surface area contributed by atoms with Crippen LogP contribution in [0.5, 0.6) is 0 Å². The van der Waals surface area contributed by atoms with Crippen LogP contribution in [0.2, 0.25) is 0 Å². The Labute approximate surface area is 155 Å². The maximum atomic E-state index is 11.6. The second-order valence-corrected chi connectivity index (χ2v) is 6.89. The molecule has 7 heteroatoms. The topological polar surface area (TPSA) is 72.4 Å². The summed E-state index contributed by atoms with van der Waals surface area (Å²) < 4.78 is 3.53. The lowest BCUT2D eigenvalue weighted by Gasteiger charge is -2.06. The van der Waals surface area contributed by atoms with Gasteiger partial charge in [-0.25, -0.2) is 9.78 Å². The highest BCUT2D eigenvalue weighted by Crippen LogP contribution is 2.32. The van der Waals surface area contributed by atoms with Gasteiger partial charge in [0.2, 0.25) is 0 Å². The molecule has 0 aliphatic heterocycles. The molecule has 0 bridgehead atoms. The van der Waals surface area contributed by atoms with Crippen LogP contribution in [0.15, 0.2) is 43.0 Å². The van der Waals surface area contributed by atoms with Gasteiger partial charge in [0.1, 0.15) is 5.65 Å². The van der Waals surface area contributed by atoms with E-state index in [1.807, 2.05) is 50.5 Å². The number of rotatable bonds is 3. The van der Waals surface area contributed by atoms with Crippen LogP contribution in [0.25, 0.3) is 27.3 Å². The Morgan fingerprint density at radius 2 is 1.96 bits per heavy atom. The van der Waals surface area contributed by atoms with Gasteiger partial charge in [0.25, 0.3) is 0 Å². The van der Waals surface area contributed by atoms with Crippen molar-refractivity contribution < 1.29 is 9.90 Å². The number of carboxylic acids is 1. The Hall–Kier alpha value is -2.93. The highest BCUT2D eigenvalue weighted by molar-refractivity contribution is 7.15. The van der Waals surface area contributed by atoms with E-state index in [0.717, 1.165) is 21.7 Å². The van der Waals surface area contributed by atoms with Crippen molar-refractivity contribution in [3.8, 4) is 21.7 Å². The van der Waals surface area contributed by atoms with Gasteiger partial charge in [-0.1, -0.05) is 13.8 Å². The average Bonchev–Trinajstić information content (AvgIpc) is 3.35. The van der Waals surface area contributed by atoms with E-state index in [2.05, 4.69) is 10.1 Å². The van der Waals surface area contributed by atoms with Crippen molar-refractivity contribution >= 4 is 23.0 Å². The molecule has 4 heterocycles. The lowest BCUT2D eigenvalue weighted by Crippen LogP contribution is -2.01. The summed E-state index contributed by atoms with van der Waals surface area (Å²) in [5, 5.41) is 13.6. The number of pyridine rings is 1. The van der Waals surface area contributed by atoms with Gasteiger partial charge >= 0.3 is 5.97 Å². The van der Waals surface area contributed by atoms with E-state index in [1.54, 1.807) is 40.7 Å². The lowest BCUT2D eigenvalue weighted by atomic mass is 10.1. The molecule has 134 valence electrons. The van der Waals surface area contributed by atoms with Gasteiger partial charge in [0.05, 0.1) is 28.5 Å². The molecule has 0 spiro atoms. The van der Waals surface area contributed by atoms with E-state index in [0.29, 0.717) is 5.65 Å². The van der Waals surface area contributed by atoms with Crippen LogP contribution < -0.4 is 0 Å². The summed E-state index contributed by atoms with van der Waals surface area (Å²) in [6.45, 7) is 6.04. The zero-order valence-electron chi connectivity index (χ0n) is 15.1. The smallest absolute Gasteiger partial charge is 0.337 e. The molecule has 0 radical (unpaired) electrons. The molecule has 0 amide bonds. The van der Waals surface area contributed by atoms with Gasteiger partial charge in [0.15, 0.2) is 0 Å². The minimum Gasteiger partial charge on any atom is -0.478 e. The van der Waals surface area contributed by atoms with Crippen LogP contribution in [-0.4, -0.2) is 30.2 Å². The number of hydrogen-bond acceptors (Lipinski definition) is 4. The van der Waals surface area contributed by atoms with Crippen LogP contribution in [-0.2, 0) is 7.05 Å². The molecule has 4 aromatic heterocycles. The van der Waals surface area contributed by atoms with E-state index < -0.39 is 5.97 Å². The molecule has 4 aromatic rings. The van der Waals surface area contributed by atoms with Crippen LogP contribution >= 0.6 is 11.3 Å². The fourth-order valence-corrected chi connectivity index (χ4v) is 3.61. The van der Waals surface area contributed by atoms with E-state index >= 15 is 0 Å². The lowest BCUT2D eigenvalue weighted by molar-refractivity contribution is 0.0696. The van der Waals surface area contributed by atoms with Crippen molar-refractivity contribution in [3.05, 3.63) is 53.4 Å². The number of nitrogens with zero attached hydrogens (tertiary/aromatic N) is 4. The zero-order chi connectivity index (χ0) is 18.8. The molecule has 26 heavy (non-hydrogen) atoms. The molecule has 0 saturated carbocycles. The summed E-state index contributed by atoms with van der Waals surface area (Å²) in [7, 11) is 1.83. The fraction of sp³-hybridized carbons (Fsp3) is 0.211. The van der Waals surface area contributed by atoms with Crippen LogP contribution in [0, 0.1) is 6.92 Å². The molecule has 0 unspecified atom stereocenters. The molecule has 0 fully saturated rings. The van der Waals surface area contributed by atoms with Gasteiger partial charge in [-0.3, -0.25) is 9.08 Å². The molecule has 0 aromatic carbocycles. The van der Waals surface area contributed by atoms with E-state index in [-0.39, 0.29) is 5.56 Å². The summed E-state index contributed by atoms with van der Waals surface area (Å²) in [6, 6.07) is 5.72. The molecule has 6 nitrogen and oxygen atoms in total. The fourth-order valence-electron chi connectivity index (χ4n) is 2.73. The number of imidazole rings is 1. The predicted octanol–water partition coefficient (Wildman–Crippen LogP) is 4.50. The normalized spacial score (nSPS) is 10.6. The number of aromatic nitrogens is 4. The molecular formula is C19H20N4O2S. The number of aryl methyl sites for hydroxylation is 2. The van der Waals surface area contributed by atoms with Crippen molar-refractivity contribution in [2.75, 3.05) is 0 Å². The van der Waals surface area contributed by atoms with Gasteiger partial charge < -0.3 is 5.11 Å². The third kappa shape index (κ3) is 3.13. The first-order valence-corrected chi connectivity index (χ1v) is 9.15. The van der Waals surface area contributed by atoms with E-state index in [4.69, 9.17) is 0 Å². The van der Waals surface area contributed by atoms with E-state index in [9.17, 15) is 9.90 Å². The quantitative estimate of drug-likeness (QED) is 0.578. The second kappa shape index (κ2) is 7.13. The Morgan fingerprint density at radius 1 is 1.19 bits per heavy atom. The first-order valence-electron chi connectivity index (χ1n) is 8.33. The predicted molar refractivity (Wildman–Crippen MR) is 104 cm³/mol. The number of carbonyl (C=O) groups is 1. The SMILES string of the molecule is CC.Cc1ccc(-c2cnc3c(-c4cnn(C)c4)cc(C(=O)O)cn23)s1. The Kier molecular flexibility index (Phi) is 4.90. The first-order chi connectivity index (χ1) is 12.5. The van der Waals surface area contributed by atoms with Gasteiger partial charge in [0, 0.05) is 35.4 Å². The van der Waals surface area contributed by atoms with Crippen LogP contribution in [0.1, 0.15) is 29.1 Å². The summed E-state index contributed by atoms with van der Waals surface area (Å²) >= 11 is 1.66. The Bertz CT molecular complexity index is 1070. The van der Waals surface area contributed by atoms with Gasteiger partial charge in [-0.05, 0) is 25.1 Å². The number of thiophene rings is 1. The third-order valence-electron chi connectivity index (χ3n) is 3.86. The molecule has 0 aliphatic rings. The number of carboxylic acid groups (broad SMARTS) is 1. The van der Waals surface area contributed by atoms with Crippen LogP contribution in [0.4, 0.5) is 0 Å². The number of fused-ring (bicyclic) bond motifs is 1. The van der Waals surface area contributed by atoms with Gasteiger partial charge in [-0.2, -0.15) is 5.10 Å². The zero-order valence-corrected chi connectivity index (χ0v) is 15.9. The Balaban J connectivity index is 0.000000948. The third-order valence-corrected chi connectivity index (χ3v) is 4.88. The largest absolute Gasteiger partial charge is 0.478 e. The minimum atomic E-state index is -0.968. The molecular weight excluding hydrogens is 348 g/mol. The molecule has 0 atom stereocenters. The number of aromatic carboxylic acids is 1. The average molecular weight is 368 g/mol. The first kappa shape index (κ1) is 17.9. The van der Waals surface area contributed by atoms with Crippen molar-refractivity contribution in [1.29, 1.82) is 0 Å². The monoisotopic (exact) mass is 368 g/mol. The molecule has 0 saturated heterocycles. The summed E-state index contributed by atoms with van der Waals surface area (Å²) in [4.78, 5) is 18.3. The van der Waals surface area contributed by atoms with Crippen molar-refractivity contribution in [1.82, 2.24) is 19.2 Å². The molecule has 4 rings (SSSR count). The van der Waals surface area contributed by atoms with E-state index in [1.165, 1.54) is 4.88 Å². The van der Waals surface area contributed by atoms with Crippen molar-refractivity contribution in [3.63, 3.8) is 0 Å². The summed E-state index contributed by atoms with van der Waals surface area (Å²) in [5.74, 6) is -0.968. The summed E-state index contributed by atoms with van der Waals surface area (Å²) in [5.41, 5.74) is 3.41. The summed E-state index contributed by atoms with van der Waals surface area (Å²) in [6.07, 6.45) is 6.97. The van der Waals surface area contributed by atoms with Crippen LogP contribution in [0.3, 0.4) is 0 Å². The highest BCUT2D eigenvalue weighted by Gasteiger charge is 2.17. The maximum Gasteiger partial charge on any atom is 0.337 e. The standard InChI is InChI=1S/C17H14N4O2S.C2H6/c1-10-3-4-15(24-10)14-7-18-16-13(12-6-19-20(2)8-12)5-11(17(22)23)9-21(14)16;1-2/h3-9H,1-2H3,(H,22,23);1-2H3. The van der Waals surface area contributed by atoms with Crippen molar-refractivity contribution in [2.45, 2.75) is 20.8 Å². The van der Waals surface area contributed by atoms with Gasteiger partial charge in [-0.15, -0.1) is 11.3 Å². The van der Waals surface area contributed by atoms with Crippen molar-refractivity contribution in [2.24, 2.45) is 7.05 Å². The molecule has 0 aliphatic carbocycles. The molecule has 1 N–H and O–H groups in total. The maximum absolute atomic E-state index is 11.6. The second-order valence-electron chi connectivity index (χ2n) is 5.60.